The first-order valence-corrected chi connectivity index (χ1v) is 8.31. The standard InChI is InChI=1S/C19H18F2N2O2/c20-13-3-1-12(2-4-13)17(24)10-23(15-6-7-15)11-19-22-16-8-5-14(21)9-18(16)25-19/h1-5,8-9,15,17,24H,6-7,10-11H2. The van der Waals surface area contributed by atoms with Crippen LogP contribution in [0.15, 0.2) is 46.9 Å². The minimum absolute atomic E-state index is 0.325. The fourth-order valence-electron chi connectivity index (χ4n) is 2.98. The maximum absolute atomic E-state index is 13.3. The van der Waals surface area contributed by atoms with Crippen LogP contribution in [-0.4, -0.2) is 27.6 Å². The molecule has 4 rings (SSSR count). The van der Waals surface area contributed by atoms with Crippen molar-refractivity contribution in [3.05, 3.63) is 65.6 Å². The number of rotatable bonds is 6. The number of nitrogens with zero attached hydrogens (tertiary/aromatic N) is 2. The summed E-state index contributed by atoms with van der Waals surface area (Å²) in [5, 5.41) is 10.4. The molecular weight excluding hydrogens is 326 g/mol. The molecule has 25 heavy (non-hydrogen) atoms. The van der Waals surface area contributed by atoms with Gasteiger partial charge in [0, 0.05) is 18.7 Å². The SMILES string of the molecule is OC(CN(Cc1nc2ccc(F)cc2o1)C1CC1)c1ccc(F)cc1. The molecule has 0 spiro atoms. The number of oxazole rings is 1. The Balaban J connectivity index is 1.49. The van der Waals surface area contributed by atoms with Gasteiger partial charge in [-0.3, -0.25) is 4.90 Å². The van der Waals surface area contributed by atoms with Crippen LogP contribution < -0.4 is 0 Å². The molecule has 1 N–H and O–H groups in total. The van der Waals surface area contributed by atoms with Crippen LogP contribution in [0.4, 0.5) is 8.78 Å². The fourth-order valence-corrected chi connectivity index (χ4v) is 2.98. The highest BCUT2D eigenvalue weighted by molar-refractivity contribution is 5.72. The van der Waals surface area contributed by atoms with Crippen LogP contribution in [-0.2, 0) is 6.54 Å². The average molecular weight is 344 g/mol. The zero-order chi connectivity index (χ0) is 17.4. The molecule has 130 valence electrons. The maximum Gasteiger partial charge on any atom is 0.209 e. The van der Waals surface area contributed by atoms with Gasteiger partial charge < -0.3 is 9.52 Å². The minimum Gasteiger partial charge on any atom is -0.439 e. The van der Waals surface area contributed by atoms with Crippen molar-refractivity contribution in [3.63, 3.8) is 0 Å². The number of hydrogen-bond acceptors (Lipinski definition) is 4. The van der Waals surface area contributed by atoms with Crippen molar-refractivity contribution in [1.82, 2.24) is 9.88 Å². The van der Waals surface area contributed by atoms with E-state index in [1.54, 1.807) is 18.2 Å². The number of aliphatic hydroxyl groups excluding tert-OH is 1. The molecule has 1 atom stereocenters. The van der Waals surface area contributed by atoms with Crippen LogP contribution in [0, 0.1) is 11.6 Å². The average Bonchev–Trinajstić information content (AvgIpc) is 3.36. The zero-order valence-corrected chi connectivity index (χ0v) is 13.5. The quantitative estimate of drug-likeness (QED) is 0.739. The van der Waals surface area contributed by atoms with E-state index in [1.165, 1.54) is 24.3 Å². The fraction of sp³-hybridized carbons (Fsp3) is 0.316. The Bertz CT molecular complexity index is 875. The van der Waals surface area contributed by atoms with E-state index < -0.39 is 6.10 Å². The number of hydrogen-bond donors (Lipinski definition) is 1. The van der Waals surface area contributed by atoms with Gasteiger partial charge in [-0.1, -0.05) is 12.1 Å². The molecule has 0 saturated heterocycles. The molecule has 2 aromatic carbocycles. The molecule has 3 aromatic rings. The first kappa shape index (κ1) is 16.2. The lowest BCUT2D eigenvalue weighted by atomic mass is 10.1. The Labute approximate surface area is 143 Å². The van der Waals surface area contributed by atoms with Gasteiger partial charge in [0.25, 0.3) is 0 Å². The zero-order valence-electron chi connectivity index (χ0n) is 13.5. The molecule has 1 heterocycles. The molecule has 1 aromatic heterocycles. The number of aliphatic hydroxyl groups is 1. The van der Waals surface area contributed by atoms with E-state index in [4.69, 9.17) is 4.42 Å². The Hall–Kier alpha value is -2.31. The van der Waals surface area contributed by atoms with Crippen molar-refractivity contribution in [3.8, 4) is 0 Å². The lowest BCUT2D eigenvalue weighted by molar-refractivity contribution is 0.0992. The number of aromatic nitrogens is 1. The highest BCUT2D eigenvalue weighted by atomic mass is 19.1. The summed E-state index contributed by atoms with van der Waals surface area (Å²) in [6.07, 6.45) is 1.40. The summed E-state index contributed by atoms with van der Waals surface area (Å²) in [7, 11) is 0. The summed E-state index contributed by atoms with van der Waals surface area (Å²) < 4.78 is 31.9. The van der Waals surface area contributed by atoms with Crippen LogP contribution in [0.5, 0.6) is 0 Å². The van der Waals surface area contributed by atoms with E-state index in [0.717, 1.165) is 12.8 Å². The lowest BCUT2D eigenvalue weighted by Gasteiger charge is -2.23. The molecule has 0 radical (unpaired) electrons. The molecule has 4 nitrogen and oxygen atoms in total. The molecule has 1 aliphatic carbocycles. The summed E-state index contributed by atoms with van der Waals surface area (Å²) in [5.41, 5.74) is 1.71. The highest BCUT2D eigenvalue weighted by Crippen LogP contribution is 2.31. The van der Waals surface area contributed by atoms with Gasteiger partial charge >= 0.3 is 0 Å². The van der Waals surface area contributed by atoms with Gasteiger partial charge in [0.15, 0.2) is 5.58 Å². The van der Waals surface area contributed by atoms with Crippen LogP contribution in [0.25, 0.3) is 11.1 Å². The third-order valence-corrected chi connectivity index (χ3v) is 4.46. The minimum atomic E-state index is -0.719. The smallest absolute Gasteiger partial charge is 0.209 e. The maximum atomic E-state index is 13.3. The van der Waals surface area contributed by atoms with Gasteiger partial charge in [-0.2, -0.15) is 0 Å². The van der Waals surface area contributed by atoms with E-state index in [9.17, 15) is 13.9 Å². The van der Waals surface area contributed by atoms with Gasteiger partial charge in [0.05, 0.1) is 12.6 Å². The van der Waals surface area contributed by atoms with Crippen molar-refractivity contribution >= 4 is 11.1 Å². The molecule has 0 aliphatic heterocycles. The number of halogens is 2. The van der Waals surface area contributed by atoms with Crippen molar-refractivity contribution in [1.29, 1.82) is 0 Å². The van der Waals surface area contributed by atoms with Crippen LogP contribution in [0.1, 0.15) is 30.4 Å². The van der Waals surface area contributed by atoms with Gasteiger partial charge in [0.1, 0.15) is 17.2 Å². The second kappa shape index (κ2) is 6.54. The Kier molecular flexibility index (Phi) is 4.23. The molecule has 1 aliphatic rings. The molecule has 1 unspecified atom stereocenters. The second-order valence-corrected chi connectivity index (χ2v) is 6.45. The number of fused-ring (bicyclic) bond motifs is 1. The van der Waals surface area contributed by atoms with E-state index in [2.05, 4.69) is 9.88 Å². The Morgan fingerprint density at radius 3 is 2.56 bits per heavy atom. The van der Waals surface area contributed by atoms with Gasteiger partial charge in [-0.15, -0.1) is 0 Å². The Morgan fingerprint density at radius 2 is 1.84 bits per heavy atom. The summed E-state index contributed by atoms with van der Waals surface area (Å²) in [4.78, 5) is 6.50. The molecule has 1 saturated carbocycles. The van der Waals surface area contributed by atoms with Gasteiger partial charge in [-0.25, -0.2) is 13.8 Å². The van der Waals surface area contributed by atoms with E-state index in [0.29, 0.717) is 41.7 Å². The molecule has 0 amide bonds. The molecular formula is C19H18F2N2O2. The third kappa shape index (κ3) is 3.70. The molecule has 0 bridgehead atoms. The molecule has 1 fully saturated rings. The first-order valence-electron chi connectivity index (χ1n) is 8.31. The Morgan fingerprint density at radius 1 is 1.12 bits per heavy atom. The van der Waals surface area contributed by atoms with Gasteiger partial charge in [0.2, 0.25) is 5.89 Å². The monoisotopic (exact) mass is 344 g/mol. The van der Waals surface area contributed by atoms with Crippen LogP contribution in [0.3, 0.4) is 0 Å². The van der Waals surface area contributed by atoms with Crippen molar-refractivity contribution in [2.75, 3.05) is 6.54 Å². The topological polar surface area (TPSA) is 49.5 Å². The van der Waals surface area contributed by atoms with Gasteiger partial charge in [-0.05, 0) is 42.7 Å². The molecule has 6 heteroatoms. The van der Waals surface area contributed by atoms with E-state index in [-0.39, 0.29) is 11.6 Å². The van der Waals surface area contributed by atoms with Crippen molar-refractivity contribution in [2.45, 2.75) is 31.5 Å². The number of benzene rings is 2. The largest absolute Gasteiger partial charge is 0.439 e. The van der Waals surface area contributed by atoms with Crippen molar-refractivity contribution in [2.24, 2.45) is 0 Å². The summed E-state index contributed by atoms with van der Waals surface area (Å²) in [6, 6.07) is 10.5. The van der Waals surface area contributed by atoms with Crippen LogP contribution >= 0.6 is 0 Å². The lowest BCUT2D eigenvalue weighted by Crippen LogP contribution is -2.30. The van der Waals surface area contributed by atoms with Crippen molar-refractivity contribution < 1.29 is 18.3 Å². The second-order valence-electron chi connectivity index (χ2n) is 6.45. The highest BCUT2D eigenvalue weighted by Gasteiger charge is 2.31. The van der Waals surface area contributed by atoms with E-state index in [1.807, 2.05) is 0 Å². The van der Waals surface area contributed by atoms with E-state index >= 15 is 0 Å². The first-order chi connectivity index (χ1) is 12.1. The summed E-state index contributed by atoms with van der Waals surface area (Å²) in [5.74, 6) is -0.187. The third-order valence-electron chi connectivity index (χ3n) is 4.46. The predicted octanol–water partition coefficient (Wildman–Crippen LogP) is 3.80. The predicted molar refractivity (Wildman–Crippen MR) is 88.8 cm³/mol. The normalized spacial score (nSPS) is 15.8. The van der Waals surface area contributed by atoms with Crippen LogP contribution in [0.2, 0.25) is 0 Å². The summed E-state index contributed by atoms with van der Waals surface area (Å²) >= 11 is 0. The summed E-state index contributed by atoms with van der Waals surface area (Å²) in [6.45, 7) is 0.850.